The van der Waals surface area contributed by atoms with Crippen molar-refractivity contribution < 1.29 is 32.2 Å². The van der Waals surface area contributed by atoms with Gasteiger partial charge in [-0.25, -0.2) is 13.7 Å². The molecule has 7 nitrogen and oxygen atoms in total. The number of ether oxygens (including phenoxy) is 1. The minimum absolute atomic E-state index is 0.0219. The van der Waals surface area contributed by atoms with E-state index in [9.17, 15) is 32.3 Å². The van der Waals surface area contributed by atoms with E-state index in [4.69, 9.17) is 0 Å². The van der Waals surface area contributed by atoms with Gasteiger partial charge in [0.2, 0.25) is 0 Å². The van der Waals surface area contributed by atoms with Crippen molar-refractivity contribution in [3.63, 3.8) is 0 Å². The van der Waals surface area contributed by atoms with E-state index in [-0.39, 0.29) is 33.9 Å². The first kappa shape index (κ1) is 19.4. The molecule has 2 N–H and O–H groups in total. The fourth-order valence-electron chi connectivity index (χ4n) is 2.85. The van der Waals surface area contributed by atoms with Crippen molar-refractivity contribution in [1.29, 1.82) is 0 Å². The van der Waals surface area contributed by atoms with Gasteiger partial charge in [0.25, 0.3) is 5.56 Å². The third kappa shape index (κ3) is 3.55. The zero-order valence-electron chi connectivity index (χ0n) is 14.5. The number of halogens is 4. The quantitative estimate of drug-likeness (QED) is 0.654. The van der Waals surface area contributed by atoms with Gasteiger partial charge in [-0.3, -0.25) is 4.79 Å². The topological polar surface area (TPSA) is 96.7 Å². The molecule has 0 saturated heterocycles. The fraction of sp³-hybridized carbons (Fsp3) is 0.235. The summed E-state index contributed by atoms with van der Waals surface area (Å²) in [6.07, 6.45) is -3.90. The third-order valence-corrected chi connectivity index (χ3v) is 3.92. The number of fused-ring (bicyclic) bond motifs is 1. The fourth-order valence-corrected chi connectivity index (χ4v) is 2.85. The van der Waals surface area contributed by atoms with Crippen molar-refractivity contribution in [2.75, 3.05) is 0 Å². The summed E-state index contributed by atoms with van der Waals surface area (Å²) in [6, 6.07) is 2.55. The maximum Gasteiger partial charge on any atom is 0.573 e. The van der Waals surface area contributed by atoms with Crippen LogP contribution in [0.1, 0.15) is 35.7 Å². The number of nitrogens with zero attached hydrogens (tertiary/aromatic N) is 2. The molecule has 0 spiro atoms. The van der Waals surface area contributed by atoms with Gasteiger partial charge in [0.15, 0.2) is 17.4 Å². The molecule has 0 fully saturated rings. The van der Waals surface area contributed by atoms with Crippen molar-refractivity contribution in [2.24, 2.45) is 0 Å². The van der Waals surface area contributed by atoms with E-state index in [1.807, 2.05) is 0 Å². The standard InChI is InChI=1S/C17H13F4N3O4/c1-7(2)12-9(16(26)27)6-24-13(12)15(25)22-14(23-24)8-3-4-11(10(18)5-8)28-17(19,20)21/h3-7H,1-2H3,(H,26,27)(H,22,23,25). The number of alkyl halides is 3. The lowest BCUT2D eigenvalue weighted by molar-refractivity contribution is -0.275. The Hall–Kier alpha value is -3.37. The molecule has 0 atom stereocenters. The first-order valence-corrected chi connectivity index (χ1v) is 7.92. The number of rotatable bonds is 4. The van der Waals surface area contributed by atoms with Gasteiger partial charge in [-0.15, -0.1) is 18.3 Å². The molecule has 2 aromatic heterocycles. The SMILES string of the molecule is CC(C)c1c(C(=O)O)cn2nc(-c3ccc(OC(F)(F)F)c(F)c3)[nH]c(=O)c12. The number of aromatic carboxylic acids is 1. The van der Waals surface area contributed by atoms with Crippen molar-refractivity contribution in [1.82, 2.24) is 14.6 Å². The number of H-pyrrole nitrogens is 1. The largest absolute Gasteiger partial charge is 0.573 e. The maximum absolute atomic E-state index is 13.9. The minimum Gasteiger partial charge on any atom is -0.478 e. The monoisotopic (exact) mass is 399 g/mol. The van der Waals surface area contributed by atoms with Gasteiger partial charge in [-0.05, 0) is 24.1 Å². The molecule has 3 aromatic rings. The molecule has 28 heavy (non-hydrogen) atoms. The Morgan fingerprint density at radius 2 is 2.00 bits per heavy atom. The Kier molecular flexibility index (Phi) is 4.61. The van der Waals surface area contributed by atoms with E-state index in [0.717, 1.165) is 28.9 Å². The van der Waals surface area contributed by atoms with Crippen LogP contribution in [-0.4, -0.2) is 32.0 Å². The molecule has 0 saturated carbocycles. The van der Waals surface area contributed by atoms with Crippen LogP contribution in [-0.2, 0) is 0 Å². The van der Waals surface area contributed by atoms with E-state index < -0.39 is 29.5 Å². The van der Waals surface area contributed by atoms with Crippen LogP contribution in [0.5, 0.6) is 5.75 Å². The van der Waals surface area contributed by atoms with Gasteiger partial charge in [-0.1, -0.05) is 13.8 Å². The van der Waals surface area contributed by atoms with E-state index >= 15 is 0 Å². The predicted octanol–water partition coefficient (Wildman–Crippen LogP) is 3.55. The molecule has 0 unspecified atom stereocenters. The summed E-state index contributed by atoms with van der Waals surface area (Å²) in [5.74, 6) is -4.02. The summed E-state index contributed by atoms with van der Waals surface area (Å²) in [6.45, 7) is 3.42. The highest BCUT2D eigenvalue weighted by atomic mass is 19.4. The maximum atomic E-state index is 13.9. The van der Waals surface area contributed by atoms with Crippen LogP contribution in [0.2, 0.25) is 0 Å². The summed E-state index contributed by atoms with van der Waals surface area (Å²) < 4.78 is 55.3. The Balaban J connectivity index is 2.14. The second-order valence-corrected chi connectivity index (χ2v) is 6.21. The highest BCUT2D eigenvalue weighted by molar-refractivity contribution is 5.92. The van der Waals surface area contributed by atoms with Gasteiger partial charge in [0.05, 0.1) is 5.56 Å². The number of carbonyl (C=O) groups is 1. The van der Waals surface area contributed by atoms with Crippen LogP contribution in [0.4, 0.5) is 17.6 Å². The molecule has 1 aromatic carbocycles. The average molecular weight is 399 g/mol. The number of hydrogen-bond acceptors (Lipinski definition) is 4. The van der Waals surface area contributed by atoms with Crippen molar-refractivity contribution in [2.45, 2.75) is 26.1 Å². The predicted molar refractivity (Wildman–Crippen MR) is 88.9 cm³/mol. The Labute approximate surface area is 154 Å². The molecule has 11 heteroatoms. The summed E-state index contributed by atoms with van der Waals surface area (Å²) >= 11 is 0. The van der Waals surface area contributed by atoms with Gasteiger partial charge in [-0.2, -0.15) is 0 Å². The summed E-state index contributed by atoms with van der Waals surface area (Å²) in [5, 5.41) is 13.4. The van der Waals surface area contributed by atoms with Crippen LogP contribution in [0.15, 0.2) is 29.2 Å². The van der Waals surface area contributed by atoms with Crippen molar-refractivity contribution in [3.8, 4) is 17.1 Å². The first-order valence-electron chi connectivity index (χ1n) is 7.92. The Bertz CT molecular complexity index is 1130. The second-order valence-electron chi connectivity index (χ2n) is 6.21. The molecule has 0 bridgehead atoms. The molecule has 0 aliphatic carbocycles. The molecule has 3 rings (SSSR count). The number of hydrogen-bond donors (Lipinski definition) is 2. The summed E-state index contributed by atoms with van der Waals surface area (Å²) in [4.78, 5) is 26.3. The highest BCUT2D eigenvalue weighted by Gasteiger charge is 2.32. The second kappa shape index (κ2) is 6.66. The molecule has 2 heterocycles. The van der Waals surface area contributed by atoms with Crippen LogP contribution in [0.25, 0.3) is 16.9 Å². The number of nitrogens with one attached hydrogen (secondary N) is 1. The molecule has 0 radical (unpaired) electrons. The zero-order chi connectivity index (χ0) is 20.8. The van der Waals surface area contributed by atoms with E-state index in [2.05, 4.69) is 14.8 Å². The van der Waals surface area contributed by atoms with Gasteiger partial charge < -0.3 is 14.8 Å². The Morgan fingerprint density at radius 3 is 2.54 bits per heavy atom. The molecule has 0 aliphatic rings. The molecule has 0 aliphatic heterocycles. The lowest BCUT2D eigenvalue weighted by atomic mass is 10.0. The van der Waals surface area contributed by atoms with Crippen LogP contribution >= 0.6 is 0 Å². The third-order valence-electron chi connectivity index (χ3n) is 3.92. The molecule has 148 valence electrons. The lowest BCUT2D eigenvalue weighted by Crippen LogP contribution is -2.18. The van der Waals surface area contributed by atoms with Crippen LogP contribution in [0, 0.1) is 5.82 Å². The lowest BCUT2D eigenvalue weighted by Gasteiger charge is -2.10. The molecular weight excluding hydrogens is 386 g/mol. The number of aromatic nitrogens is 3. The van der Waals surface area contributed by atoms with Crippen molar-refractivity contribution in [3.05, 3.63) is 51.7 Å². The number of aromatic amines is 1. The smallest absolute Gasteiger partial charge is 0.478 e. The Morgan fingerprint density at radius 1 is 1.32 bits per heavy atom. The molecular formula is C17H13F4N3O4. The number of benzene rings is 1. The van der Waals surface area contributed by atoms with Crippen LogP contribution < -0.4 is 10.3 Å². The summed E-state index contributed by atoms with van der Waals surface area (Å²) in [7, 11) is 0. The normalized spacial score (nSPS) is 12.0. The van der Waals surface area contributed by atoms with Crippen molar-refractivity contribution >= 4 is 11.5 Å². The number of carboxylic acids is 1. The summed E-state index contributed by atoms with van der Waals surface area (Å²) in [5.41, 5.74) is -0.494. The minimum atomic E-state index is -5.06. The van der Waals surface area contributed by atoms with Gasteiger partial charge in [0.1, 0.15) is 5.52 Å². The van der Waals surface area contributed by atoms with E-state index in [1.54, 1.807) is 13.8 Å². The highest BCUT2D eigenvalue weighted by Crippen LogP contribution is 2.29. The van der Waals surface area contributed by atoms with Gasteiger partial charge in [0, 0.05) is 17.3 Å². The zero-order valence-corrected chi connectivity index (χ0v) is 14.5. The molecule has 0 amide bonds. The van der Waals surface area contributed by atoms with E-state index in [0.29, 0.717) is 0 Å². The average Bonchev–Trinajstić information content (AvgIpc) is 2.96. The first-order chi connectivity index (χ1) is 13.0. The van der Waals surface area contributed by atoms with Crippen LogP contribution in [0.3, 0.4) is 0 Å². The van der Waals surface area contributed by atoms with E-state index in [1.165, 1.54) is 0 Å². The van der Waals surface area contributed by atoms with Gasteiger partial charge >= 0.3 is 12.3 Å². The number of carboxylic acid groups (broad SMARTS) is 1.